The maximum absolute atomic E-state index is 11.5. The summed E-state index contributed by atoms with van der Waals surface area (Å²) < 4.78 is 0. The lowest BCUT2D eigenvalue weighted by atomic mass is 9.89. The number of aliphatic hydroxyl groups excluding tert-OH is 1. The largest absolute Gasteiger partial charge is 0.391 e. The van der Waals surface area contributed by atoms with Crippen LogP contribution in [0.5, 0.6) is 0 Å². The van der Waals surface area contributed by atoms with E-state index in [0.717, 1.165) is 19.4 Å². The van der Waals surface area contributed by atoms with Gasteiger partial charge in [-0.25, -0.2) is 4.79 Å². The molecule has 4 heteroatoms. The molecule has 1 unspecified atom stereocenters. The van der Waals surface area contributed by atoms with Gasteiger partial charge in [-0.1, -0.05) is 33.1 Å². The Hall–Kier alpha value is -0.770. The SMILES string of the molecule is CCCC(O)CNC(=O)NCC1(C)CCCC1. The van der Waals surface area contributed by atoms with Crippen molar-refractivity contribution in [2.75, 3.05) is 13.1 Å². The van der Waals surface area contributed by atoms with E-state index < -0.39 is 6.10 Å². The molecule has 0 aromatic carbocycles. The zero-order valence-electron chi connectivity index (χ0n) is 11.1. The molecule has 0 heterocycles. The number of rotatable bonds is 6. The van der Waals surface area contributed by atoms with Crippen LogP contribution >= 0.6 is 0 Å². The predicted octanol–water partition coefficient (Wildman–Crippen LogP) is 2.03. The van der Waals surface area contributed by atoms with Gasteiger partial charge in [0.1, 0.15) is 0 Å². The number of nitrogens with one attached hydrogen (secondary N) is 2. The Labute approximate surface area is 104 Å². The molecule has 1 aliphatic rings. The second-order valence-corrected chi connectivity index (χ2v) is 5.52. The van der Waals surface area contributed by atoms with Crippen LogP contribution in [0.3, 0.4) is 0 Å². The van der Waals surface area contributed by atoms with Crippen molar-refractivity contribution in [3.8, 4) is 0 Å². The third kappa shape index (κ3) is 5.39. The van der Waals surface area contributed by atoms with Gasteiger partial charge in [-0.2, -0.15) is 0 Å². The van der Waals surface area contributed by atoms with Crippen molar-refractivity contribution in [1.82, 2.24) is 10.6 Å². The van der Waals surface area contributed by atoms with Gasteiger partial charge < -0.3 is 15.7 Å². The Morgan fingerprint density at radius 1 is 1.35 bits per heavy atom. The molecule has 1 saturated carbocycles. The van der Waals surface area contributed by atoms with Crippen molar-refractivity contribution in [1.29, 1.82) is 0 Å². The van der Waals surface area contributed by atoms with Crippen LogP contribution in [0.1, 0.15) is 52.4 Å². The monoisotopic (exact) mass is 242 g/mol. The molecule has 0 aromatic rings. The molecule has 1 aliphatic carbocycles. The van der Waals surface area contributed by atoms with E-state index in [4.69, 9.17) is 0 Å². The highest BCUT2D eigenvalue weighted by Gasteiger charge is 2.28. The van der Waals surface area contributed by atoms with Crippen LogP contribution < -0.4 is 10.6 Å². The van der Waals surface area contributed by atoms with Gasteiger partial charge in [0.05, 0.1) is 6.10 Å². The van der Waals surface area contributed by atoms with Gasteiger partial charge in [-0.05, 0) is 24.7 Å². The van der Waals surface area contributed by atoms with Crippen molar-refractivity contribution < 1.29 is 9.90 Å². The van der Waals surface area contributed by atoms with Crippen LogP contribution in [-0.2, 0) is 0 Å². The van der Waals surface area contributed by atoms with Crippen molar-refractivity contribution in [2.45, 2.75) is 58.5 Å². The van der Waals surface area contributed by atoms with Gasteiger partial charge in [0.2, 0.25) is 0 Å². The van der Waals surface area contributed by atoms with Crippen molar-refractivity contribution in [3.63, 3.8) is 0 Å². The summed E-state index contributed by atoms with van der Waals surface area (Å²) in [5, 5.41) is 15.1. The summed E-state index contributed by atoms with van der Waals surface area (Å²) in [7, 11) is 0. The molecule has 0 spiro atoms. The highest BCUT2D eigenvalue weighted by Crippen LogP contribution is 2.36. The summed E-state index contributed by atoms with van der Waals surface area (Å²) in [5.74, 6) is 0. The zero-order chi connectivity index (χ0) is 12.7. The summed E-state index contributed by atoms with van der Waals surface area (Å²) in [6.07, 6.45) is 6.19. The Kier molecular flexibility index (Phi) is 5.75. The molecule has 1 atom stereocenters. The second kappa shape index (κ2) is 6.84. The first-order chi connectivity index (χ1) is 8.06. The minimum atomic E-state index is -0.423. The summed E-state index contributed by atoms with van der Waals surface area (Å²) in [6.45, 7) is 5.33. The first kappa shape index (κ1) is 14.3. The molecule has 4 nitrogen and oxygen atoms in total. The standard InChI is InChI=1S/C13H26N2O2/c1-3-6-11(16)9-14-12(17)15-10-13(2)7-4-5-8-13/h11,16H,3-10H2,1-2H3,(H2,14,15,17). The minimum absolute atomic E-state index is 0.159. The zero-order valence-corrected chi connectivity index (χ0v) is 11.1. The number of aliphatic hydroxyl groups is 1. The van der Waals surface area contributed by atoms with Crippen molar-refractivity contribution in [2.24, 2.45) is 5.41 Å². The molecule has 0 saturated heterocycles. The summed E-state index contributed by atoms with van der Waals surface area (Å²) >= 11 is 0. The summed E-state index contributed by atoms with van der Waals surface area (Å²) in [4.78, 5) is 11.5. The lowest BCUT2D eigenvalue weighted by Crippen LogP contribution is -2.43. The molecular formula is C13H26N2O2. The quantitative estimate of drug-likeness (QED) is 0.667. The number of carbonyl (C=O) groups is 1. The fraction of sp³-hybridized carbons (Fsp3) is 0.923. The Morgan fingerprint density at radius 3 is 2.59 bits per heavy atom. The topological polar surface area (TPSA) is 61.4 Å². The molecule has 2 amide bonds. The Balaban J connectivity index is 2.12. The molecule has 0 radical (unpaired) electrons. The van der Waals surface area contributed by atoms with Crippen LogP contribution in [0.15, 0.2) is 0 Å². The van der Waals surface area contributed by atoms with Crippen LogP contribution in [0.25, 0.3) is 0 Å². The highest BCUT2D eigenvalue weighted by molar-refractivity contribution is 5.73. The van der Waals surface area contributed by atoms with Crippen LogP contribution in [0.2, 0.25) is 0 Å². The average molecular weight is 242 g/mol. The van der Waals surface area contributed by atoms with E-state index >= 15 is 0 Å². The van der Waals surface area contributed by atoms with E-state index in [2.05, 4.69) is 17.6 Å². The molecule has 3 N–H and O–H groups in total. The molecule has 17 heavy (non-hydrogen) atoms. The maximum atomic E-state index is 11.5. The van der Waals surface area contributed by atoms with Gasteiger partial charge in [0.15, 0.2) is 0 Å². The molecular weight excluding hydrogens is 216 g/mol. The lowest BCUT2D eigenvalue weighted by Gasteiger charge is -2.23. The molecule has 1 rings (SSSR count). The van der Waals surface area contributed by atoms with Gasteiger partial charge >= 0.3 is 6.03 Å². The summed E-state index contributed by atoms with van der Waals surface area (Å²) in [5.41, 5.74) is 0.277. The Morgan fingerprint density at radius 2 is 2.00 bits per heavy atom. The average Bonchev–Trinajstić information content (AvgIpc) is 2.72. The van der Waals surface area contributed by atoms with Crippen LogP contribution in [0.4, 0.5) is 4.79 Å². The number of carbonyl (C=O) groups excluding carboxylic acids is 1. The summed E-state index contributed by atoms with van der Waals surface area (Å²) in [6, 6.07) is -0.159. The van der Waals surface area contributed by atoms with E-state index in [9.17, 15) is 9.90 Å². The number of hydrogen-bond acceptors (Lipinski definition) is 2. The van der Waals surface area contributed by atoms with Gasteiger partial charge in [-0.3, -0.25) is 0 Å². The first-order valence-electron chi connectivity index (χ1n) is 6.75. The maximum Gasteiger partial charge on any atom is 0.314 e. The Bertz CT molecular complexity index is 238. The predicted molar refractivity (Wildman–Crippen MR) is 68.9 cm³/mol. The third-order valence-electron chi connectivity index (χ3n) is 3.61. The fourth-order valence-electron chi connectivity index (χ4n) is 2.41. The molecule has 0 aromatic heterocycles. The van der Waals surface area contributed by atoms with Crippen molar-refractivity contribution >= 4 is 6.03 Å². The lowest BCUT2D eigenvalue weighted by molar-refractivity contribution is 0.159. The molecule has 1 fully saturated rings. The van der Waals surface area contributed by atoms with Gasteiger partial charge in [0, 0.05) is 13.1 Å². The van der Waals surface area contributed by atoms with Crippen LogP contribution in [0, 0.1) is 5.41 Å². The normalized spacial score (nSPS) is 19.9. The minimum Gasteiger partial charge on any atom is -0.391 e. The second-order valence-electron chi connectivity index (χ2n) is 5.52. The third-order valence-corrected chi connectivity index (χ3v) is 3.61. The molecule has 0 aliphatic heterocycles. The number of amides is 2. The van der Waals surface area contributed by atoms with E-state index in [1.807, 2.05) is 6.92 Å². The van der Waals surface area contributed by atoms with E-state index in [0.29, 0.717) is 6.54 Å². The van der Waals surface area contributed by atoms with E-state index in [-0.39, 0.29) is 11.4 Å². The van der Waals surface area contributed by atoms with Gasteiger partial charge in [0.25, 0.3) is 0 Å². The van der Waals surface area contributed by atoms with Crippen molar-refractivity contribution in [3.05, 3.63) is 0 Å². The smallest absolute Gasteiger partial charge is 0.314 e. The van der Waals surface area contributed by atoms with Crippen LogP contribution in [-0.4, -0.2) is 30.3 Å². The molecule has 100 valence electrons. The first-order valence-corrected chi connectivity index (χ1v) is 6.75. The van der Waals surface area contributed by atoms with E-state index in [1.54, 1.807) is 0 Å². The molecule has 0 bridgehead atoms. The van der Waals surface area contributed by atoms with Gasteiger partial charge in [-0.15, -0.1) is 0 Å². The number of hydrogen-bond donors (Lipinski definition) is 3. The number of urea groups is 1. The fourth-order valence-corrected chi connectivity index (χ4v) is 2.41. The van der Waals surface area contributed by atoms with E-state index in [1.165, 1.54) is 25.7 Å². The highest BCUT2D eigenvalue weighted by atomic mass is 16.3.